The van der Waals surface area contributed by atoms with Crippen LogP contribution < -0.4 is 9.47 Å². The molecule has 3 rings (SSSR count). The van der Waals surface area contributed by atoms with Crippen LogP contribution >= 0.6 is 0 Å². The van der Waals surface area contributed by atoms with Crippen LogP contribution in [0.2, 0.25) is 0 Å². The van der Waals surface area contributed by atoms with Crippen molar-refractivity contribution in [3.63, 3.8) is 0 Å². The normalized spacial score (nSPS) is 10.8. The molecule has 0 aliphatic heterocycles. The van der Waals surface area contributed by atoms with Crippen LogP contribution in [0.3, 0.4) is 0 Å². The van der Waals surface area contributed by atoms with Crippen LogP contribution in [0.4, 0.5) is 4.39 Å². The van der Waals surface area contributed by atoms with E-state index in [-0.39, 0.29) is 11.4 Å². The Hall–Kier alpha value is -3.14. The minimum Gasteiger partial charge on any atom is -0.494 e. The van der Waals surface area contributed by atoms with Crippen molar-refractivity contribution in [1.29, 1.82) is 0 Å². The topological polar surface area (TPSA) is 35.5 Å². The molecule has 3 aromatic carbocycles. The summed E-state index contributed by atoms with van der Waals surface area (Å²) in [5.74, 6) is 0.371. The predicted molar refractivity (Wildman–Crippen MR) is 131 cm³/mol. The van der Waals surface area contributed by atoms with E-state index in [9.17, 15) is 9.18 Å². The van der Waals surface area contributed by atoms with Gasteiger partial charge >= 0.3 is 5.97 Å². The Morgan fingerprint density at radius 3 is 1.97 bits per heavy atom. The minimum atomic E-state index is -0.564. The van der Waals surface area contributed by atoms with E-state index in [1.807, 2.05) is 36.4 Å². The van der Waals surface area contributed by atoms with Gasteiger partial charge in [0.25, 0.3) is 0 Å². The molecule has 0 N–H and O–H groups in total. The highest BCUT2D eigenvalue weighted by Gasteiger charge is 2.12. The predicted octanol–water partition coefficient (Wildman–Crippen LogP) is 8.01. The van der Waals surface area contributed by atoms with Gasteiger partial charge in [-0.3, -0.25) is 0 Å². The number of unbranched alkanes of at least 4 members (excludes halogenated alkanes) is 4. The van der Waals surface area contributed by atoms with Crippen LogP contribution in [0.15, 0.2) is 66.7 Å². The molecule has 0 aromatic heterocycles. The Morgan fingerprint density at radius 2 is 1.36 bits per heavy atom. The summed E-state index contributed by atoms with van der Waals surface area (Å²) in [5.41, 5.74) is 2.91. The van der Waals surface area contributed by atoms with Crippen molar-refractivity contribution in [2.75, 3.05) is 6.61 Å². The number of carbonyl (C=O) groups is 1. The van der Waals surface area contributed by atoms with Crippen molar-refractivity contribution in [2.45, 2.75) is 58.8 Å². The Kier molecular flexibility index (Phi) is 9.49. The molecule has 0 unspecified atom stereocenters. The van der Waals surface area contributed by atoms with Crippen molar-refractivity contribution in [1.82, 2.24) is 0 Å². The molecule has 4 heteroatoms. The number of aryl methyl sites for hydroxylation is 1. The van der Waals surface area contributed by atoms with E-state index in [2.05, 4.69) is 13.8 Å². The highest BCUT2D eigenvalue weighted by molar-refractivity contribution is 5.91. The molecule has 0 saturated carbocycles. The zero-order valence-electron chi connectivity index (χ0n) is 19.6. The number of hydrogen-bond donors (Lipinski definition) is 0. The van der Waals surface area contributed by atoms with Crippen LogP contribution in [-0.4, -0.2) is 12.6 Å². The molecule has 3 aromatic rings. The molecule has 0 fully saturated rings. The first kappa shape index (κ1) is 24.5. The third-order valence-electron chi connectivity index (χ3n) is 5.61. The van der Waals surface area contributed by atoms with Crippen LogP contribution in [0.25, 0.3) is 11.1 Å². The molecular formula is C29H33FO3. The summed E-state index contributed by atoms with van der Waals surface area (Å²) in [4.78, 5) is 12.5. The number of hydrogen-bond acceptors (Lipinski definition) is 3. The van der Waals surface area contributed by atoms with Gasteiger partial charge in [0.1, 0.15) is 17.3 Å². The number of halogens is 1. The fourth-order valence-corrected chi connectivity index (χ4v) is 3.61. The van der Waals surface area contributed by atoms with Gasteiger partial charge in [0.05, 0.1) is 12.2 Å². The largest absolute Gasteiger partial charge is 0.494 e. The lowest BCUT2D eigenvalue weighted by molar-refractivity contribution is 0.0734. The molecule has 0 bridgehead atoms. The Bertz CT molecular complexity index is 1010. The number of rotatable bonds is 12. The maximum Gasteiger partial charge on any atom is 0.343 e. The van der Waals surface area contributed by atoms with Crippen molar-refractivity contribution >= 4 is 5.97 Å². The van der Waals surface area contributed by atoms with E-state index in [1.54, 1.807) is 24.3 Å². The molecule has 33 heavy (non-hydrogen) atoms. The fraction of sp³-hybridized carbons (Fsp3) is 0.345. The van der Waals surface area contributed by atoms with Crippen LogP contribution in [0, 0.1) is 5.82 Å². The first-order chi connectivity index (χ1) is 16.1. The third kappa shape index (κ3) is 7.45. The van der Waals surface area contributed by atoms with E-state index in [0.29, 0.717) is 17.7 Å². The molecule has 0 amide bonds. The van der Waals surface area contributed by atoms with E-state index >= 15 is 0 Å². The zero-order valence-corrected chi connectivity index (χ0v) is 19.6. The smallest absolute Gasteiger partial charge is 0.343 e. The van der Waals surface area contributed by atoms with Crippen molar-refractivity contribution in [3.05, 3.63) is 83.7 Å². The average Bonchev–Trinajstić information content (AvgIpc) is 2.84. The minimum absolute atomic E-state index is 0.213. The van der Waals surface area contributed by atoms with Crippen LogP contribution in [-0.2, 0) is 6.42 Å². The van der Waals surface area contributed by atoms with Crippen LogP contribution in [0.5, 0.6) is 11.5 Å². The Morgan fingerprint density at radius 1 is 0.758 bits per heavy atom. The van der Waals surface area contributed by atoms with E-state index < -0.39 is 5.97 Å². The van der Waals surface area contributed by atoms with E-state index in [1.165, 1.54) is 18.9 Å². The van der Waals surface area contributed by atoms with Gasteiger partial charge in [-0.25, -0.2) is 9.18 Å². The van der Waals surface area contributed by atoms with Gasteiger partial charge < -0.3 is 9.47 Å². The van der Waals surface area contributed by atoms with Gasteiger partial charge in [0.2, 0.25) is 0 Å². The first-order valence-corrected chi connectivity index (χ1v) is 11.9. The van der Waals surface area contributed by atoms with E-state index in [4.69, 9.17) is 9.47 Å². The maximum absolute atomic E-state index is 14.3. The summed E-state index contributed by atoms with van der Waals surface area (Å²) in [6.45, 7) is 5.02. The molecular weight excluding hydrogens is 415 g/mol. The lowest BCUT2D eigenvalue weighted by Crippen LogP contribution is -2.09. The molecule has 0 aliphatic rings. The number of carbonyl (C=O) groups excluding carboxylic acids is 1. The highest BCUT2D eigenvalue weighted by Crippen LogP contribution is 2.25. The Labute approximate surface area is 196 Å². The quantitative estimate of drug-likeness (QED) is 0.160. The molecule has 0 spiro atoms. The number of ether oxygens (including phenoxy) is 2. The molecule has 3 nitrogen and oxygen atoms in total. The summed E-state index contributed by atoms with van der Waals surface area (Å²) < 4.78 is 25.5. The standard InChI is InChI=1S/C29H33FO3/c1-3-5-7-9-24-10-11-25(21-28(24)30)29(31)33-27-18-14-23(15-19-27)22-12-16-26(17-13-22)32-20-8-6-4-2/h10-19,21H,3-9,20H2,1-2H3. The molecule has 0 radical (unpaired) electrons. The number of benzene rings is 3. The van der Waals surface area contributed by atoms with Gasteiger partial charge in [0, 0.05) is 0 Å². The second kappa shape index (κ2) is 12.8. The molecule has 0 aliphatic carbocycles. The SMILES string of the molecule is CCCCCOc1ccc(-c2ccc(OC(=O)c3ccc(CCCCC)c(F)c3)cc2)cc1. The molecule has 174 valence electrons. The van der Waals surface area contributed by atoms with Gasteiger partial charge in [-0.1, -0.05) is 69.9 Å². The summed E-state index contributed by atoms with van der Waals surface area (Å²) in [6, 6.07) is 19.8. The van der Waals surface area contributed by atoms with Gasteiger partial charge in [0.15, 0.2) is 0 Å². The van der Waals surface area contributed by atoms with Gasteiger partial charge in [-0.05, 0) is 72.4 Å². The fourth-order valence-electron chi connectivity index (χ4n) is 3.61. The number of esters is 1. The zero-order chi connectivity index (χ0) is 23.5. The second-order valence-electron chi connectivity index (χ2n) is 8.26. The summed E-state index contributed by atoms with van der Waals surface area (Å²) >= 11 is 0. The maximum atomic E-state index is 14.3. The first-order valence-electron chi connectivity index (χ1n) is 11.9. The average molecular weight is 449 g/mol. The molecule has 0 heterocycles. The van der Waals surface area contributed by atoms with Crippen molar-refractivity contribution in [3.8, 4) is 22.6 Å². The lowest BCUT2D eigenvalue weighted by atomic mass is 10.0. The van der Waals surface area contributed by atoms with Gasteiger partial charge in [-0.15, -0.1) is 0 Å². The molecule has 0 atom stereocenters. The summed E-state index contributed by atoms with van der Waals surface area (Å²) in [6.07, 6.45) is 7.19. The van der Waals surface area contributed by atoms with Crippen LogP contribution in [0.1, 0.15) is 68.3 Å². The third-order valence-corrected chi connectivity index (χ3v) is 5.61. The van der Waals surface area contributed by atoms with Crippen molar-refractivity contribution in [2.24, 2.45) is 0 Å². The summed E-state index contributed by atoms with van der Waals surface area (Å²) in [7, 11) is 0. The monoisotopic (exact) mass is 448 g/mol. The summed E-state index contributed by atoms with van der Waals surface area (Å²) in [5, 5.41) is 0. The highest BCUT2D eigenvalue weighted by atomic mass is 19.1. The van der Waals surface area contributed by atoms with E-state index in [0.717, 1.165) is 49.2 Å². The van der Waals surface area contributed by atoms with Crippen molar-refractivity contribution < 1.29 is 18.7 Å². The molecule has 0 saturated heterocycles. The lowest BCUT2D eigenvalue weighted by Gasteiger charge is -2.09. The Balaban J connectivity index is 1.57. The second-order valence-corrected chi connectivity index (χ2v) is 8.26. The van der Waals surface area contributed by atoms with Gasteiger partial charge in [-0.2, -0.15) is 0 Å².